The second kappa shape index (κ2) is 6.87. The van der Waals surface area contributed by atoms with Gasteiger partial charge in [0.1, 0.15) is 0 Å². The molecule has 2 heterocycles. The summed E-state index contributed by atoms with van der Waals surface area (Å²) in [7, 11) is 0. The van der Waals surface area contributed by atoms with Gasteiger partial charge in [0.2, 0.25) is 11.8 Å². The zero-order chi connectivity index (χ0) is 15.4. The van der Waals surface area contributed by atoms with Crippen LogP contribution in [-0.4, -0.2) is 36.1 Å². The molecule has 1 aliphatic heterocycles. The molecule has 0 aromatic carbocycles. The molecule has 6 nitrogen and oxygen atoms in total. The van der Waals surface area contributed by atoms with Gasteiger partial charge in [-0.25, -0.2) is 0 Å². The number of carbonyl (C=O) groups excluding carboxylic acids is 2. The number of hydrogen-bond donors (Lipinski definition) is 2. The van der Waals surface area contributed by atoms with Gasteiger partial charge in [-0.2, -0.15) is 0 Å². The number of aromatic nitrogens is 1. The quantitative estimate of drug-likeness (QED) is 0.808. The number of carbonyl (C=O) groups is 2. The zero-order valence-electron chi connectivity index (χ0n) is 12.5. The molecule has 1 saturated heterocycles. The fraction of sp³-hybridized carbons (Fsp3) is 0.562. The molecule has 2 fully saturated rings. The van der Waals surface area contributed by atoms with Crippen LogP contribution < -0.4 is 10.6 Å². The first-order chi connectivity index (χ1) is 10.7. The molecule has 22 heavy (non-hydrogen) atoms. The second-order valence-electron chi connectivity index (χ2n) is 5.87. The van der Waals surface area contributed by atoms with Crippen LogP contribution in [0.4, 0.5) is 0 Å². The first-order valence-corrected chi connectivity index (χ1v) is 7.81. The molecule has 118 valence electrons. The monoisotopic (exact) mass is 303 g/mol. The summed E-state index contributed by atoms with van der Waals surface area (Å²) in [6, 6.07) is 5.58. The predicted octanol–water partition coefficient (Wildman–Crippen LogP) is 0.629. The second-order valence-corrected chi connectivity index (χ2v) is 5.87. The molecule has 1 saturated carbocycles. The van der Waals surface area contributed by atoms with Crippen LogP contribution in [0.25, 0.3) is 0 Å². The maximum absolute atomic E-state index is 12.0. The van der Waals surface area contributed by atoms with Crippen molar-refractivity contribution >= 4 is 11.8 Å². The molecule has 0 bridgehead atoms. The summed E-state index contributed by atoms with van der Waals surface area (Å²) in [6.07, 6.45) is 4.52. The molecule has 3 rings (SSSR count). The number of amides is 2. The average Bonchev–Trinajstić information content (AvgIpc) is 3.19. The van der Waals surface area contributed by atoms with Crippen molar-refractivity contribution in [1.82, 2.24) is 15.6 Å². The van der Waals surface area contributed by atoms with E-state index in [1.54, 1.807) is 6.20 Å². The maximum Gasteiger partial charge on any atom is 0.224 e. The van der Waals surface area contributed by atoms with Gasteiger partial charge in [-0.3, -0.25) is 14.6 Å². The van der Waals surface area contributed by atoms with Crippen LogP contribution in [0.1, 0.15) is 25.0 Å². The predicted molar refractivity (Wildman–Crippen MR) is 79.7 cm³/mol. The number of ether oxygens (including phenoxy) is 1. The molecular weight excluding hydrogens is 282 g/mol. The lowest BCUT2D eigenvalue weighted by Crippen LogP contribution is -2.34. The van der Waals surface area contributed by atoms with Gasteiger partial charge >= 0.3 is 0 Å². The maximum atomic E-state index is 12.0. The minimum atomic E-state index is -0.201. The highest BCUT2D eigenvalue weighted by atomic mass is 16.5. The smallest absolute Gasteiger partial charge is 0.224 e. The lowest BCUT2D eigenvalue weighted by atomic mass is 10.2. The number of nitrogens with one attached hydrogen (secondary N) is 2. The Balaban J connectivity index is 1.37. The van der Waals surface area contributed by atoms with Crippen LogP contribution >= 0.6 is 0 Å². The largest absolute Gasteiger partial charge is 0.376 e. The summed E-state index contributed by atoms with van der Waals surface area (Å²) in [5.41, 5.74) is 0.816. The van der Waals surface area contributed by atoms with E-state index in [-0.39, 0.29) is 29.8 Å². The van der Waals surface area contributed by atoms with E-state index in [4.69, 9.17) is 4.74 Å². The van der Waals surface area contributed by atoms with Crippen molar-refractivity contribution in [2.75, 3.05) is 13.2 Å². The molecule has 3 unspecified atom stereocenters. The Kier molecular flexibility index (Phi) is 4.68. The lowest BCUT2D eigenvalue weighted by molar-refractivity contribution is -0.127. The summed E-state index contributed by atoms with van der Waals surface area (Å²) in [6.45, 7) is 1.74. The molecule has 0 radical (unpaired) electrons. The standard InChI is InChI=1S/C16H21N3O3/c20-15(18-9-11-4-1-2-6-17-11)13-8-14(13)16(21)19-10-12-5-3-7-22-12/h1-2,4,6,12-14H,3,5,7-10H2,(H,18,20)(H,19,21). The Labute approximate surface area is 129 Å². The number of nitrogens with zero attached hydrogens (tertiary/aromatic N) is 1. The summed E-state index contributed by atoms with van der Waals surface area (Å²) in [5.74, 6) is -0.491. The van der Waals surface area contributed by atoms with E-state index in [1.807, 2.05) is 18.2 Å². The molecule has 2 aliphatic rings. The third-order valence-electron chi connectivity index (χ3n) is 4.16. The van der Waals surface area contributed by atoms with E-state index in [2.05, 4.69) is 15.6 Å². The minimum absolute atomic E-state index is 0.0338. The van der Waals surface area contributed by atoms with Crippen LogP contribution in [0.15, 0.2) is 24.4 Å². The van der Waals surface area contributed by atoms with Crippen LogP contribution in [-0.2, 0) is 20.9 Å². The molecule has 2 N–H and O–H groups in total. The summed E-state index contributed by atoms with van der Waals surface area (Å²) >= 11 is 0. The van der Waals surface area contributed by atoms with Crippen molar-refractivity contribution in [2.24, 2.45) is 11.8 Å². The summed E-state index contributed by atoms with van der Waals surface area (Å²) in [4.78, 5) is 28.2. The van der Waals surface area contributed by atoms with Crippen molar-refractivity contribution in [1.29, 1.82) is 0 Å². The van der Waals surface area contributed by atoms with E-state index in [9.17, 15) is 9.59 Å². The van der Waals surface area contributed by atoms with Crippen molar-refractivity contribution in [3.63, 3.8) is 0 Å². The Morgan fingerprint density at radius 1 is 1.23 bits per heavy atom. The highest BCUT2D eigenvalue weighted by Gasteiger charge is 2.47. The normalized spacial score (nSPS) is 26.5. The van der Waals surface area contributed by atoms with Crippen molar-refractivity contribution in [2.45, 2.75) is 31.9 Å². The summed E-state index contributed by atoms with van der Waals surface area (Å²) < 4.78 is 5.46. The van der Waals surface area contributed by atoms with Gasteiger partial charge in [0.25, 0.3) is 0 Å². The zero-order valence-corrected chi connectivity index (χ0v) is 12.5. The molecule has 0 spiro atoms. The lowest BCUT2D eigenvalue weighted by Gasteiger charge is -2.10. The van der Waals surface area contributed by atoms with Crippen molar-refractivity contribution in [3.05, 3.63) is 30.1 Å². The molecule has 1 aromatic rings. The molecular formula is C16H21N3O3. The fourth-order valence-electron chi connectivity index (χ4n) is 2.74. The third-order valence-corrected chi connectivity index (χ3v) is 4.16. The molecule has 3 atom stereocenters. The third kappa shape index (κ3) is 3.82. The molecule has 1 aromatic heterocycles. The summed E-state index contributed by atoms with van der Waals surface area (Å²) in [5, 5.41) is 5.73. The highest BCUT2D eigenvalue weighted by Crippen LogP contribution is 2.38. The number of hydrogen-bond acceptors (Lipinski definition) is 4. The van der Waals surface area contributed by atoms with Gasteiger partial charge in [0, 0.05) is 19.3 Å². The van der Waals surface area contributed by atoms with E-state index in [1.165, 1.54) is 0 Å². The topological polar surface area (TPSA) is 80.3 Å². The Bertz CT molecular complexity index is 529. The first kappa shape index (κ1) is 15.0. The van der Waals surface area contributed by atoms with Crippen LogP contribution in [0.5, 0.6) is 0 Å². The van der Waals surface area contributed by atoms with Crippen molar-refractivity contribution < 1.29 is 14.3 Å². The van der Waals surface area contributed by atoms with Gasteiger partial charge in [0.15, 0.2) is 0 Å². The Hall–Kier alpha value is -1.95. The van der Waals surface area contributed by atoms with Gasteiger partial charge in [-0.15, -0.1) is 0 Å². The number of pyridine rings is 1. The molecule has 6 heteroatoms. The number of rotatable bonds is 6. The van der Waals surface area contributed by atoms with Crippen LogP contribution in [0.2, 0.25) is 0 Å². The van der Waals surface area contributed by atoms with Gasteiger partial charge in [-0.05, 0) is 31.4 Å². The van der Waals surface area contributed by atoms with Gasteiger partial charge < -0.3 is 15.4 Å². The van der Waals surface area contributed by atoms with Crippen LogP contribution in [0.3, 0.4) is 0 Å². The van der Waals surface area contributed by atoms with E-state index in [0.717, 1.165) is 25.1 Å². The van der Waals surface area contributed by atoms with E-state index < -0.39 is 0 Å². The molecule has 2 amide bonds. The fourth-order valence-corrected chi connectivity index (χ4v) is 2.74. The van der Waals surface area contributed by atoms with Crippen LogP contribution in [0, 0.1) is 11.8 Å². The van der Waals surface area contributed by atoms with Gasteiger partial charge in [0.05, 0.1) is 30.2 Å². The molecule has 1 aliphatic carbocycles. The Morgan fingerprint density at radius 3 is 2.73 bits per heavy atom. The van der Waals surface area contributed by atoms with E-state index in [0.29, 0.717) is 19.5 Å². The minimum Gasteiger partial charge on any atom is -0.376 e. The SMILES string of the molecule is O=C(NCc1ccccn1)C1CC1C(=O)NCC1CCCO1. The average molecular weight is 303 g/mol. The van der Waals surface area contributed by atoms with Crippen molar-refractivity contribution in [3.8, 4) is 0 Å². The van der Waals surface area contributed by atoms with Gasteiger partial charge in [-0.1, -0.05) is 6.07 Å². The van der Waals surface area contributed by atoms with E-state index >= 15 is 0 Å². The Morgan fingerprint density at radius 2 is 2.05 bits per heavy atom. The highest BCUT2D eigenvalue weighted by molar-refractivity contribution is 5.92. The first-order valence-electron chi connectivity index (χ1n) is 7.81.